The van der Waals surface area contributed by atoms with Crippen molar-refractivity contribution in [3.63, 3.8) is 0 Å². The molecule has 0 aliphatic rings. The van der Waals surface area contributed by atoms with Gasteiger partial charge in [-0.05, 0) is 23.8 Å². The number of nitrogens with one attached hydrogen (secondary N) is 3. The Labute approximate surface area is 195 Å². The molecule has 3 aromatic heterocycles. The van der Waals surface area contributed by atoms with Gasteiger partial charge in [-0.15, -0.1) is 0 Å². The molecule has 3 heterocycles. The molecule has 0 spiro atoms. The molecule has 0 saturated carbocycles. The molecule has 0 radical (unpaired) electrons. The van der Waals surface area contributed by atoms with Crippen LogP contribution in [0.15, 0.2) is 42.9 Å². The van der Waals surface area contributed by atoms with Gasteiger partial charge in [0.2, 0.25) is 16.0 Å². The van der Waals surface area contributed by atoms with Crippen molar-refractivity contribution in [2.45, 2.75) is 12.7 Å². The fraction of sp³-hybridized carbons (Fsp3) is 0.143. The summed E-state index contributed by atoms with van der Waals surface area (Å²) >= 11 is 0. The Morgan fingerprint density at radius 1 is 1.17 bits per heavy atom. The topological polar surface area (TPSA) is 136 Å². The number of hydrogen-bond donors (Lipinski definition) is 3. The van der Waals surface area contributed by atoms with E-state index in [1.165, 1.54) is 24.5 Å². The first-order valence-electron chi connectivity index (χ1n) is 9.76. The average Bonchev–Trinajstić information content (AvgIpc) is 3.21. The average molecular weight is 505 g/mol. The summed E-state index contributed by atoms with van der Waals surface area (Å²) in [5, 5.41) is 12.4. The molecule has 3 N–H and O–H groups in total. The van der Waals surface area contributed by atoms with Crippen LogP contribution in [0, 0.1) is 17.1 Å². The second-order valence-corrected chi connectivity index (χ2v) is 9.18. The van der Waals surface area contributed by atoms with Crippen molar-refractivity contribution < 1.29 is 26.0 Å². The van der Waals surface area contributed by atoms with Crippen LogP contribution >= 0.6 is 0 Å². The predicted octanol–water partition coefficient (Wildman–Crippen LogP) is 4.03. The molecule has 35 heavy (non-hydrogen) atoms. The molecule has 180 valence electrons. The lowest BCUT2D eigenvalue weighted by Gasteiger charge is -2.10. The molecule has 4 rings (SSSR count). The maximum absolute atomic E-state index is 14.2. The summed E-state index contributed by atoms with van der Waals surface area (Å²) in [4.78, 5) is 14.8. The summed E-state index contributed by atoms with van der Waals surface area (Å²) in [6, 6.07) is 6.69. The van der Waals surface area contributed by atoms with Crippen LogP contribution in [-0.4, -0.2) is 34.6 Å². The third-order valence-corrected chi connectivity index (χ3v) is 5.39. The van der Waals surface area contributed by atoms with Crippen molar-refractivity contribution in [3.8, 4) is 17.3 Å². The molecule has 14 heteroatoms. The van der Waals surface area contributed by atoms with Gasteiger partial charge in [-0.3, -0.25) is 4.72 Å². The van der Waals surface area contributed by atoms with Crippen LogP contribution in [0.2, 0.25) is 0 Å². The number of benzene rings is 1. The first-order chi connectivity index (χ1) is 16.4. The Morgan fingerprint density at radius 3 is 2.60 bits per heavy atom. The van der Waals surface area contributed by atoms with E-state index in [1.807, 2.05) is 6.07 Å². The van der Waals surface area contributed by atoms with Gasteiger partial charge >= 0.3 is 6.18 Å². The van der Waals surface area contributed by atoms with E-state index >= 15 is 0 Å². The summed E-state index contributed by atoms with van der Waals surface area (Å²) in [6.45, 7) is 0.0368. The highest BCUT2D eigenvalue weighted by Crippen LogP contribution is 2.34. The fourth-order valence-corrected chi connectivity index (χ4v) is 3.81. The highest BCUT2D eigenvalue weighted by molar-refractivity contribution is 7.92. The maximum atomic E-state index is 14.2. The minimum atomic E-state index is -4.60. The van der Waals surface area contributed by atoms with Crippen LogP contribution < -0.4 is 10.0 Å². The zero-order chi connectivity index (χ0) is 25.4. The minimum Gasteiger partial charge on any atom is -0.350 e. The lowest BCUT2D eigenvalue weighted by molar-refractivity contribution is -0.137. The smallest absolute Gasteiger partial charge is 0.350 e. The number of pyridine rings is 1. The molecular formula is C21H15F4N7O2S. The second-order valence-electron chi connectivity index (χ2n) is 7.43. The largest absolute Gasteiger partial charge is 0.417 e. The summed E-state index contributed by atoms with van der Waals surface area (Å²) in [5.41, 5.74) is -0.215. The van der Waals surface area contributed by atoms with E-state index in [1.54, 1.807) is 0 Å². The zero-order valence-electron chi connectivity index (χ0n) is 17.8. The van der Waals surface area contributed by atoms with E-state index in [0.717, 1.165) is 18.4 Å². The number of anilines is 2. The Morgan fingerprint density at radius 2 is 1.94 bits per heavy atom. The number of hydrogen-bond acceptors (Lipinski definition) is 7. The van der Waals surface area contributed by atoms with Crippen LogP contribution in [0.3, 0.4) is 0 Å². The van der Waals surface area contributed by atoms with E-state index in [0.29, 0.717) is 11.8 Å². The number of nitrogens with zero attached hydrogens (tertiary/aromatic N) is 4. The molecule has 0 aliphatic carbocycles. The van der Waals surface area contributed by atoms with Crippen LogP contribution in [0.25, 0.3) is 22.3 Å². The highest BCUT2D eigenvalue weighted by Gasteiger charge is 2.31. The van der Waals surface area contributed by atoms with Crippen molar-refractivity contribution in [3.05, 3.63) is 65.4 Å². The molecule has 0 unspecified atom stereocenters. The van der Waals surface area contributed by atoms with Crippen LogP contribution in [0.4, 0.5) is 29.2 Å². The van der Waals surface area contributed by atoms with Crippen LogP contribution in [0.5, 0.6) is 0 Å². The van der Waals surface area contributed by atoms with Gasteiger partial charge in [0.1, 0.15) is 17.5 Å². The van der Waals surface area contributed by atoms with Crippen LogP contribution in [0.1, 0.15) is 16.7 Å². The molecule has 1 aromatic carbocycles. The minimum absolute atomic E-state index is 0.0242. The summed E-state index contributed by atoms with van der Waals surface area (Å²) in [5.74, 6) is -0.755. The quantitative estimate of drug-likeness (QED) is 0.337. The summed E-state index contributed by atoms with van der Waals surface area (Å²) in [7, 11) is -3.65. The van der Waals surface area contributed by atoms with Crippen molar-refractivity contribution in [1.29, 1.82) is 5.26 Å². The van der Waals surface area contributed by atoms with Gasteiger partial charge in [-0.25, -0.2) is 27.8 Å². The van der Waals surface area contributed by atoms with Crippen molar-refractivity contribution in [2.24, 2.45) is 0 Å². The fourth-order valence-electron chi connectivity index (χ4n) is 3.24. The second kappa shape index (κ2) is 8.84. The Hall–Kier alpha value is -4.25. The molecule has 4 aromatic rings. The molecule has 0 saturated heterocycles. The molecule has 0 aliphatic heterocycles. The highest BCUT2D eigenvalue weighted by atomic mass is 32.2. The number of halogens is 4. The number of H-pyrrole nitrogens is 1. The number of aromatic nitrogens is 4. The standard InChI is InChI=1S/C21H15F4N7O2S/c1-35(33,34)32-17-3-2-11(4-16(17)22)7-29-20-30-8-12(6-26)18(31-20)15-10-28-19-14(15)5-13(9-27-19)21(23,24)25/h2-5,8-10,32H,7H2,1H3,(H,27,28)(H,29,30,31). The number of rotatable bonds is 6. The van der Waals surface area contributed by atoms with E-state index in [4.69, 9.17) is 0 Å². The monoisotopic (exact) mass is 505 g/mol. The third-order valence-electron chi connectivity index (χ3n) is 4.80. The zero-order valence-corrected chi connectivity index (χ0v) is 18.6. The molecular weight excluding hydrogens is 490 g/mol. The normalized spacial score (nSPS) is 11.9. The van der Waals surface area contributed by atoms with Crippen molar-refractivity contribution in [1.82, 2.24) is 19.9 Å². The molecule has 0 amide bonds. The van der Waals surface area contributed by atoms with Gasteiger partial charge < -0.3 is 10.3 Å². The maximum Gasteiger partial charge on any atom is 0.417 e. The Bertz CT molecular complexity index is 1580. The van der Waals surface area contributed by atoms with E-state index in [9.17, 15) is 31.2 Å². The van der Waals surface area contributed by atoms with Gasteiger partial charge in [0.25, 0.3) is 0 Å². The van der Waals surface area contributed by atoms with E-state index < -0.39 is 27.6 Å². The van der Waals surface area contributed by atoms with Crippen molar-refractivity contribution >= 4 is 32.7 Å². The van der Waals surface area contributed by atoms with Crippen LogP contribution in [-0.2, 0) is 22.7 Å². The number of aromatic amines is 1. The number of sulfonamides is 1. The summed E-state index contributed by atoms with van der Waals surface area (Å²) in [6.07, 6.45) is -0.391. The van der Waals surface area contributed by atoms with Gasteiger partial charge in [-0.1, -0.05) is 6.07 Å². The SMILES string of the molecule is CS(=O)(=O)Nc1ccc(CNc2ncc(C#N)c(-c3c[nH]c4ncc(C(F)(F)F)cc34)n2)cc1F. The molecule has 0 atom stereocenters. The van der Waals surface area contributed by atoms with Gasteiger partial charge in [0.05, 0.1) is 35.0 Å². The number of nitriles is 1. The molecule has 0 bridgehead atoms. The number of fused-ring (bicyclic) bond motifs is 1. The third kappa shape index (κ3) is 5.30. The summed E-state index contributed by atoms with van der Waals surface area (Å²) < 4.78 is 78.3. The van der Waals surface area contributed by atoms with Gasteiger partial charge in [0.15, 0.2) is 0 Å². The van der Waals surface area contributed by atoms with E-state index in [2.05, 4.69) is 30.0 Å². The molecule has 9 nitrogen and oxygen atoms in total. The lowest BCUT2D eigenvalue weighted by Crippen LogP contribution is -2.11. The number of alkyl halides is 3. The van der Waals surface area contributed by atoms with Gasteiger partial charge in [0, 0.05) is 29.9 Å². The Kier molecular flexibility index (Phi) is 6.03. The van der Waals surface area contributed by atoms with E-state index in [-0.39, 0.29) is 46.0 Å². The molecule has 0 fully saturated rings. The lowest BCUT2D eigenvalue weighted by atomic mass is 10.1. The van der Waals surface area contributed by atoms with Gasteiger partial charge in [-0.2, -0.15) is 18.4 Å². The first-order valence-corrected chi connectivity index (χ1v) is 11.7. The van der Waals surface area contributed by atoms with Crippen molar-refractivity contribution in [2.75, 3.05) is 16.3 Å². The predicted molar refractivity (Wildman–Crippen MR) is 119 cm³/mol. The first kappa shape index (κ1) is 23.9. The Balaban J connectivity index is 1.63.